The molecule has 158 valence electrons. The summed E-state index contributed by atoms with van der Waals surface area (Å²) in [6.07, 6.45) is 0. The molecule has 0 unspecified atom stereocenters. The van der Waals surface area contributed by atoms with Crippen molar-refractivity contribution in [3.63, 3.8) is 0 Å². The molecule has 0 fully saturated rings. The lowest BCUT2D eigenvalue weighted by Gasteiger charge is -2.05. The van der Waals surface area contributed by atoms with Crippen LogP contribution in [-0.2, 0) is 0 Å². The number of methoxy groups -OCH3 is 1. The minimum absolute atomic E-state index is 0.812. The van der Waals surface area contributed by atoms with E-state index in [1.165, 1.54) is 0 Å². The van der Waals surface area contributed by atoms with Crippen LogP contribution in [0.15, 0.2) is 93.2 Å². The van der Waals surface area contributed by atoms with E-state index < -0.39 is 0 Å². The summed E-state index contributed by atoms with van der Waals surface area (Å²) in [6.45, 7) is 0. The molecule has 0 saturated carbocycles. The number of ether oxygens (including phenoxy) is 1. The molecular formula is C25H17Br2N3OS. The zero-order chi connectivity index (χ0) is 22.1. The van der Waals surface area contributed by atoms with Crippen LogP contribution in [0.5, 0.6) is 5.75 Å². The molecule has 2 aromatic heterocycles. The summed E-state index contributed by atoms with van der Waals surface area (Å²) in [5, 5.41) is 7.81. The molecular weight excluding hydrogens is 550 g/mol. The summed E-state index contributed by atoms with van der Waals surface area (Å²) < 4.78 is 9.23. The molecule has 3 aromatic carbocycles. The predicted octanol–water partition coefficient (Wildman–Crippen LogP) is 7.86. The summed E-state index contributed by atoms with van der Waals surface area (Å²) in [5.74, 6) is 0.826. The molecule has 0 saturated heterocycles. The summed E-state index contributed by atoms with van der Waals surface area (Å²) in [6, 6.07) is 26.4. The van der Waals surface area contributed by atoms with Crippen molar-refractivity contribution in [2.24, 2.45) is 0 Å². The van der Waals surface area contributed by atoms with Crippen LogP contribution in [0.25, 0.3) is 38.9 Å². The lowest BCUT2D eigenvalue weighted by molar-refractivity contribution is 0.415. The Labute approximate surface area is 206 Å². The summed E-state index contributed by atoms with van der Waals surface area (Å²) in [4.78, 5) is 4.90. The third kappa shape index (κ3) is 4.28. The first-order valence-electron chi connectivity index (χ1n) is 9.83. The molecule has 0 N–H and O–H groups in total. The van der Waals surface area contributed by atoms with Crippen molar-refractivity contribution in [3.8, 4) is 44.7 Å². The maximum Gasteiger partial charge on any atom is 0.211 e. The Morgan fingerprint density at radius 1 is 0.781 bits per heavy atom. The second-order valence-electron chi connectivity index (χ2n) is 7.09. The summed E-state index contributed by atoms with van der Waals surface area (Å²) in [5.41, 5.74) is 5.93. The first-order valence-corrected chi connectivity index (χ1v) is 12.3. The maximum atomic E-state index is 5.27. The van der Waals surface area contributed by atoms with Crippen LogP contribution in [0.4, 0.5) is 0 Å². The Morgan fingerprint density at radius 3 is 2.16 bits per heavy atom. The fourth-order valence-electron chi connectivity index (χ4n) is 3.43. The lowest BCUT2D eigenvalue weighted by atomic mass is 10.1. The Kier molecular flexibility index (Phi) is 5.95. The quantitative estimate of drug-likeness (QED) is 0.217. The summed E-state index contributed by atoms with van der Waals surface area (Å²) in [7, 11) is 1.67. The normalized spacial score (nSPS) is 11.0. The van der Waals surface area contributed by atoms with Crippen molar-refractivity contribution in [3.05, 3.63) is 93.2 Å². The molecule has 0 radical (unpaired) electrons. The highest BCUT2D eigenvalue weighted by Gasteiger charge is 2.16. The van der Waals surface area contributed by atoms with Crippen molar-refractivity contribution in [2.45, 2.75) is 0 Å². The van der Waals surface area contributed by atoms with Gasteiger partial charge in [-0.05, 0) is 54.6 Å². The van der Waals surface area contributed by atoms with E-state index in [4.69, 9.17) is 14.8 Å². The fourth-order valence-corrected chi connectivity index (χ4v) is 5.02. The Morgan fingerprint density at radius 2 is 1.47 bits per heavy atom. The van der Waals surface area contributed by atoms with Gasteiger partial charge < -0.3 is 4.74 Å². The van der Waals surface area contributed by atoms with Crippen LogP contribution < -0.4 is 4.74 Å². The van der Waals surface area contributed by atoms with Crippen molar-refractivity contribution in [2.75, 3.05) is 7.11 Å². The van der Waals surface area contributed by atoms with E-state index in [2.05, 4.69) is 67.6 Å². The van der Waals surface area contributed by atoms with Gasteiger partial charge >= 0.3 is 0 Å². The van der Waals surface area contributed by atoms with Crippen molar-refractivity contribution in [1.82, 2.24) is 14.8 Å². The number of aromatic nitrogens is 3. The molecule has 5 aromatic rings. The van der Waals surface area contributed by atoms with Crippen LogP contribution in [0.1, 0.15) is 0 Å². The van der Waals surface area contributed by atoms with Crippen LogP contribution in [0, 0.1) is 0 Å². The van der Waals surface area contributed by atoms with E-state index in [1.807, 2.05) is 53.2 Å². The molecule has 32 heavy (non-hydrogen) atoms. The Balaban J connectivity index is 1.61. The fraction of sp³-hybridized carbons (Fsp3) is 0.0400. The molecule has 7 heteroatoms. The standard InChI is InChI=1S/C25H17Br2N3OS/c1-31-21-10-8-16(9-11-21)23-15-32-25(28-23)30-24(18-5-3-7-20(27)13-18)14-22(29-30)17-4-2-6-19(26)12-17/h2-15H,1H3. The molecule has 0 bridgehead atoms. The number of nitrogens with zero attached hydrogens (tertiary/aromatic N) is 3. The molecule has 2 heterocycles. The largest absolute Gasteiger partial charge is 0.497 e. The van der Waals surface area contributed by atoms with Gasteiger partial charge in [0.1, 0.15) is 5.75 Å². The van der Waals surface area contributed by atoms with Gasteiger partial charge in [-0.2, -0.15) is 5.10 Å². The third-order valence-electron chi connectivity index (χ3n) is 5.01. The van der Waals surface area contributed by atoms with Gasteiger partial charge in [0.05, 0.1) is 24.2 Å². The van der Waals surface area contributed by atoms with Gasteiger partial charge in [-0.15, -0.1) is 11.3 Å². The average Bonchev–Trinajstić information content (AvgIpc) is 3.47. The number of thiazole rings is 1. The van der Waals surface area contributed by atoms with E-state index in [-0.39, 0.29) is 0 Å². The second-order valence-corrected chi connectivity index (χ2v) is 9.76. The molecule has 0 aliphatic rings. The molecule has 5 rings (SSSR count). The summed E-state index contributed by atoms with van der Waals surface area (Å²) >= 11 is 8.72. The molecule has 0 aliphatic heterocycles. The van der Waals surface area contributed by atoms with Gasteiger partial charge in [-0.1, -0.05) is 56.1 Å². The van der Waals surface area contributed by atoms with E-state index in [0.717, 1.165) is 53.6 Å². The Bertz CT molecular complexity index is 1390. The SMILES string of the molecule is COc1ccc(-c2csc(-n3nc(-c4cccc(Br)c4)cc3-c3cccc(Br)c3)n2)cc1. The third-order valence-corrected chi connectivity index (χ3v) is 6.81. The van der Waals surface area contributed by atoms with Gasteiger partial charge in [0, 0.05) is 31.0 Å². The highest BCUT2D eigenvalue weighted by Crippen LogP contribution is 2.33. The van der Waals surface area contributed by atoms with Gasteiger partial charge in [0.2, 0.25) is 5.13 Å². The van der Waals surface area contributed by atoms with Gasteiger partial charge in [0.25, 0.3) is 0 Å². The average molecular weight is 567 g/mol. The number of benzene rings is 3. The second kappa shape index (κ2) is 9.02. The first kappa shape index (κ1) is 21.1. The molecule has 0 spiro atoms. The predicted molar refractivity (Wildman–Crippen MR) is 137 cm³/mol. The van der Waals surface area contributed by atoms with E-state index in [0.29, 0.717) is 0 Å². The molecule has 0 amide bonds. The van der Waals surface area contributed by atoms with Crippen LogP contribution in [0.3, 0.4) is 0 Å². The van der Waals surface area contributed by atoms with E-state index in [9.17, 15) is 0 Å². The first-order chi connectivity index (χ1) is 15.6. The van der Waals surface area contributed by atoms with Crippen molar-refractivity contribution < 1.29 is 4.74 Å². The topological polar surface area (TPSA) is 39.9 Å². The van der Waals surface area contributed by atoms with Crippen LogP contribution >= 0.6 is 43.2 Å². The monoisotopic (exact) mass is 565 g/mol. The van der Waals surface area contributed by atoms with E-state index in [1.54, 1.807) is 18.4 Å². The highest BCUT2D eigenvalue weighted by molar-refractivity contribution is 9.10. The Hall–Kier alpha value is -2.74. The number of hydrogen-bond donors (Lipinski definition) is 0. The molecule has 4 nitrogen and oxygen atoms in total. The number of hydrogen-bond acceptors (Lipinski definition) is 4. The van der Waals surface area contributed by atoms with Gasteiger partial charge in [-0.25, -0.2) is 9.67 Å². The van der Waals surface area contributed by atoms with Gasteiger partial charge in [0.15, 0.2) is 0 Å². The maximum absolute atomic E-state index is 5.27. The minimum atomic E-state index is 0.812. The van der Waals surface area contributed by atoms with Crippen LogP contribution in [-0.4, -0.2) is 21.9 Å². The molecule has 0 atom stereocenters. The molecule has 0 aliphatic carbocycles. The smallest absolute Gasteiger partial charge is 0.211 e. The van der Waals surface area contributed by atoms with Gasteiger partial charge in [-0.3, -0.25) is 0 Å². The van der Waals surface area contributed by atoms with E-state index >= 15 is 0 Å². The number of halogens is 2. The minimum Gasteiger partial charge on any atom is -0.497 e. The number of rotatable bonds is 5. The zero-order valence-electron chi connectivity index (χ0n) is 17.0. The van der Waals surface area contributed by atoms with Crippen molar-refractivity contribution >= 4 is 43.2 Å². The van der Waals surface area contributed by atoms with Crippen molar-refractivity contribution in [1.29, 1.82) is 0 Å². The van der Waals surface area contributed by atoms with Crippen LogP contribution in [0.2, 0.25) is 0 Å². The highest BCUT2D eigenvalue weighted by atomic mass is 79.9. The zero-order valence-corrected chi connectivity index (χ0v) is 21.0. The lowest BCUT2D eigenvalue weighted by Crippen LogP contribution is -1.99.